The Morgan fingerprint density at radius 3 is 1.67 bits per heavy atom. The molecule has 27 heavy (non-hydrogen) atoms. The van der Waals surface area contributed by atoms with Gasteiger partial charge in [0.05, 0.1) is 28.4 Å². The lowest BCUT2D eigenvalue weighted by molar-refractivity contribution is 0.324. The second kappa shape index (κ2) is 9.97. The molecule has 142 valence electrons. The maximum atomic E-state index is 9.76. The van der Waals surface area contributed by atoms with Gasteiger partial charge in [-0.15, -0.1) is 0 Å². The minimum atomic E-state index is 0.117. The van der Waals surface area contributed by atoms with E-state index in [1.807, 2.05) is 54.7 Å². The summed E-state index contributed by atoms with van der Waals surface area (Å²) in [6.45, 7) is 0. The first-order valence-corrected chi connectivity index (χ1v) is 8.31. The van der Waals surface area contributed by atoms with Gasteiger partial charge in [0.1, 0.15) is 0 Å². The SMILES string of the molecule is COc1ccc(\C=C/C=C/C=C/c2cc(OC)c(OC)c(OC)c2)cc1O. The summed E-state index contributed by atoms with van der Waals surface area (Å²) in [5, 5.41) is 9.76. The zero-order valence-corrected chi connectivity index (χ0v) is 15.9. The zero-order valence-electron chi connectivity index (χ0n) is 15.9. The van der Waals surface area contributed by atoms with Gasteiger partial charge in [0.25, 0.3) is 0 Å². The van der Waals surface area contributed by atoms with Crippen molar-refractivity contribution in [1.29, 1.82) is 0 Å². The highest BCUT2D eigenvalue weighted by molar-refractivity contribution is 5.63. The number of hydrogen-bond donors (Lipinski definition) is 1. The summed E-state index contributed by atoms with van der Waals surface area (Å²) in [5.41, 5.74) is 1.81. The van der Waals surface area contributed by atoms with Crippen molar-refractivity contribution >= 4 is 12.2 Å². The monoisotopic (exact) mass is 368 g/mol. The molecular weight excluding hydrogens is 344 g/mol. The van der Waals surface area contributed by atoms with Gasteiger partial charge in [-0.2, -0.15) is 0 Å². The average molecular weight is 368 g/mol. The number of phenols is 1. The van der Waals surface area contributed by atoms with Crippen molar-refractivity contribution < 1.29 is 24.1 Å². The van der Waals surface area contributed by atoms with Crippen molar-refractivity contribution in [3.05, 3.63) is 65.8 Å². The van der Waals surface area contributed by atoms with Crippen molar-refractivity contribution in [3.63, 3.8) is 0 Å². The number of methoxy groups -OCH3 is 4. The molecule has 2 rings (SSSR count). The Hall–Kier alpha value is -3.34. The van der Waals surface area contributed by atoms with E-state index < -0.39 is 0 Å². The molecule has 0 bridgehead atoms. The Balaban J connectivity index is 2.05. The van der Waals surface area contributed by atoms with Crippen LogP contribution in [-0.2, 0) is 0 Å². The molecule has 0 aliphatic heterocycles. The van der Waals surface area contributed by atoms with Crippen LogP contribution in [0.1, 0.15) is 11.1 Å². The van der Waals surface area contributed by atoms with Crippen LogP contribution < -0.4 is 18.9 Å². The van der Waals surface area contributed by atoms with Crippen LogP contribution >= 0.6 is 0 Å². The highest BCUT2D eigenvalue weighted by Gasteiger charge is 2.11. The van der Waals surface area contributed by atoms with Crippen LogP contribution in [0.3, 0.4) is 0 Å². The summed E-state index contributed by atoms with van der Waals surface area (Å²) < 4.78 is 21.0. The van der Waals surface area contributed by atoms with Crippen LogP contribution in [0.4, 0.5) is 0 Å². The van der Waals surface area contributed by atoms with E-state index in [1.54, 1.807) is 33.5 Å². The molecule has 5 heteroatoms. The third-order valence-corrected chi connectivity index (χ3v) is 3.80. The lowest BCUT2D eigenvalue weighted by atomic mass is 10.1. The molecule has 2 aromatic rings. The van der Waals surface area contributed by atoms with Crippen LogP contribution in [0.25, 0.3) is 12.2 Å². The summed E-state index contributed by atoms with van der Waals surface area (Å²) in [6, 6.07) is 9.00. The molecule has 0 heterocycles. The fourth-order valence-electron chi connectivity index (χ4n) is 2.47. The van der Waals surface area contributed by atoms with Gasteiger partial charge in [-0.05, 0) is 35.4 Å². The van der Waals surface area contributed by atoms with E-state index in [0.29, 0.717) is 23.0 Å². The fraction of sp³-hybridized carbons (Fsp3) is 0.182. The number of rotatable bonds is 8. The lowest BCUT2D eigenvalue weighted by Gasteiger charge is -2.12. The molecule has 0 aliphatic carbocycles. The third-order valence-electron chi connectivity index (χ3n) is 3.80. The minimum absolute atomic E-state index is 0.117. The second-order valence-corrected chi connectivity index (χ2v) is 5.49. The first-order chi connectivity index (χ1) is 13.1. The van der Waals surface area contributed by atoms with Gasteiger partial charge in [0.15, 0.2) is 23.0 Å². The molecule has 1 N–H and O–H groups in total. The summed E-state index contributed by atoms with van der Waals surface area (Å²) >= 11 is 0. The topological polar surface area (TPSA) is 57.2 Å². The lowest BCUT2D eigenvalue weighted by Crippen LogP contribution is -1.95. The first kappa shape index (κ1) is 20.0. The molecule has 0 spiro atoms. The highest BCUT2D eigenvalue weighted by atomic mass is 16.5. The molecule has 0 fully saturated rings. The Kier molecular flexibility index (Phi) is 7.37. The van der Waals surface area contributed by atoms with Crippen molar-refractivity contribution in [3.8, 4) is 28.7 Å². The normalized spacial score (nSPS) is 11.4. The predicted molar refractivity (Wildman–Crippen MR) is 108 cm³/mol. The summed E-state index contributed by atoms with van der Waals surface area (Å²) in [6.07, 6.45) is 11.4. The molecule has 0 atom stereocenters. The van der Waals surface area contributed by atoms with E-state index in [-0.39, 0.29) is 5.75 Å². The largest absolute Gasteiger partial charge is 0.504 e. The van der Waals surface area contributed by atoms with Crippen LogP contribution in [0.15, 0.2) is 54.6 Å². The zero-order chi connectivity index (χ0) is 19.6. The number of aromatic hydroxyl groups is 1. The third kappa shape index (κ3) is 5.31. The fourth-order valence-corrected chi connectivity index (χ4v) is 2.47. The number of allylic oxidation sites excluding steroid dienone is 4. The number of phenolic OH excluding ortho intramolecular Hbond substituents is 1. The molecule has 0 aromatic heterocycles. The molecule has 0 radical (unpaired) electrons. The quantitative estimate of drug-likeness (QED) is 0.684. The molecule has 0 aliphatic rings. The summed E-state index contributed by atoms with van der Waals surface area (Å²) in [4.78, 5) is 0. The Labute approximate surface area is 159 Å². The van der Waals surface area contributed by atoms with E-state index in [0.717, 1.165) is 11.1 Å². The average Bonchev–Trinajstić information content (AvgIpc) is 2.69. The minimum Gasteiger partial charge on any atom is -0.504 e. The van der Waals surface area contributed by atoms with Crippen LogP contribution in [0, 0.1) is 0 Å². The van der Waals surface area contributed by atoms with Crippen LogP contribution in [0.5, 0.6) is 28.7 Å². The number of ether oxygens (including phenoxy) is 4. The highest BCUT2D eigenvalue weighted by Crippen LogP contribution is 2.38. The predicted octanol–water partition coefficient (Wildman–Crippen LogP) is 4.71. The van der Waals surface area contributed by atoms with Gasteiger partial charge in [-0.25, -0.2) is 0 Å². The van der Waals surface area contributed by atoms with Gasteiger partial charge in [-0.1, -0.05) is 42.5 Å². The maximum absolute atomic E-state index is 9.76. The molecule has 2 aromatic carbocycles. The van der Waals surface area contributed by atoms with Gasteiger partial charge in [0, 0.05) is 0 Å². The molecule has 0 saturated heterocycles. The van der Waals surface area contributed by atoms with E-state index >= 15 is 0 Å². The van der Waals surface area contributed by atoms with Crippen molar-refractivity contribution in [2.24, 2.45) is 0 Å². The molecule has 5 nitrogen and oxygen atoms in total. The molecule has 0 unspecified atom stereocenters. The molecule has 0 amide bonds. The Bertz CT molecular complexity index is 825. The molecule has 0 saturated carbocycles. The summed E-state index contributed by atoms with van der Waals surface area (Å²) in [5.74, 6) is 2.36. The van der Waals surface area contributed by atoms with Gasteiger partial charge in [-0.3, -0.25) is 0 Å². The standard InChI is InChI=1S/C22H24O5/c1-24-19-12-11-16(13-18(19)23)9-7-5-6-8-10-17-14-20(25-2)22(27-4)21(15-17)26-3/h5-15,23H,1-4H3/b6-5+,9-7-,10-8+. The maximum Gasteiger partial charge on any atom is 0.203 e. The number of benzene rings is 2. The Morgan fingerprint density at radius 1 is 0.630 bits per heavy atom. The van der Waals surface area contributed by atoms with Crippen molar-refractivity contribution in [1.82, 2.24) is 0 Å². The van der Waals surface area contributed by atoms with Crippen molar-refractivity contribution in [2.45, 2.75) is 0 Å². The van der Waals surface area contributed by atoms with E-state index in [1.165, 1.54) is 7.11 Å². The number of hydrogen-bond acceptors (Lipinski definition) is 5. The van der Waals surface area contributed by atoms with Gasteiger partial charge >= 0.3 is 0 Å². The van der Waals surface area contributed by atoms with Crippen LogP contribution in [-0.4, -0.2) is 33.5 Å². The van der Waals surface area contributed by atoms with Crippen molar-refractivity contribution in [2.75, 3.05) is 28.4 Å². The first-order valence-electron chi connectivity index (χ1n) is 8.31. The van der Waals surface area contributed by atoms with Crippen LogP contribution in [0.2, 0.25) is 0 Å². The summed E-state index contributed by atoms with van der Waals surface area (Å²) in [7, 11) is 6.28. The van der Waals surface area contributed by atoms with Gasteiger partial charge < -0.3 is 24.1 Å². The smallest absolute Gasteiger partial charge is 0.203 e. The second-order valence-electron chi connectivity index (χ2n) is 5.49. The Morgan fingerprint density at radius 2 is 1.19 bits per heavy atom. The van der Waals surface area contributed by atoms with E-state index in [9.17, 15) is 5.11 Å². The molecular formula is C22H24O5. The van der Waals surface area contributed by atoms with E-state index in [2.05, 4.69) is 0 Å². The van der Waals surface area contributed by atoms with E-state index in [4.69, 9.17) is 18.9 Å². The van der Waals surface area contributed by atoms with Gasteiger partial charge in [0.2, 0.25) is 5.75 Å².